The van der Waals surface area contributed by atoms with Crippen molar-refractivity contribution in [1.82, 2.24) is 0 Å². The molecule has 0 heterocycles. The van der Waals surface area contributed by atoms with Gasteiger partial charge in [0, 0.05) is 6.42 Å². The normalized spacial score (nSPS) is 19.6. The third-order valence-corrected chi connectivity index (χ3v) is 2.86. The number of hydrogen-bond donors (Lipinski definition) is 0. The highest BCUT2D eigenvalue weighted by molar-refractivity contribution is 5.97. The molecule has 0 aromatic rings. The lowest BCUT2D eigenvalue weighted by molar-refractivity contribution is -0.116. The van der Waals surface area contributed by atoms with Crippen LogP contribution in [-0.4, -0.2) is 5.78 Å². The summed E-state index contributed by atoms with van der Waals surface area (Å²) >= 11 is 0. The Labute approximate surface area is 107 Å². The van der Waals surface area contributed by atoms with Gasteiger partial charge in [-0.25, -0.2) is 0 Å². The first kappa shape index (κ1) is 16.1. The van der Waals surface area contributed by atoms with E-state index in [1.165, 1.54) is 5.57 Å². The Morgan fingerprint density at radius 3 is 2.12 bits per heavy atom. The van der Waals surface area contributed by atoms with Gasteiger partial charge in [-0.2, -0.15) is 0 Å². The van der Waals surface area contributed by atoms with E-state index < -0.39 is 0 Å². The molecule has 0 fully saturated rings. The fourth-order valence-electron chi connectivity index (χ4n) is 1.92. The Morgan fingerprint density at radius 2 is 1.71 bits per heavy atom. The number of allylic oxidation sites excluding steroid dienone is 4. The summed E-state index contributed by atoms with van der Waals surface area (Å²) in [4.78, 5) is 11.5. The van der Waals surface area contributed by atoms with E-state index in [9.17, 15) is 4.79 Å². The molecule has 0 atom stereocenters. The van der Waals surface area contributed by atoms with Crippen LogP contribution in [0.3, 0.4) is 0 Å². The van der Waals surface area contributed by atoms with Gasteiger partial charge in [-0.05, 0) is 42.7 Å². The Morgan fingerprint density at radius 1 is 1.24 bits per heavy atom. The lowest BCUT2D eigenvalue weighted by atomic mass is 9.72. The van der Waals surface area contributed by atoms with E-state index in [1.807, 2.05) is 19.9 Å². The minimum Gasteiger partial charge on any atom is -0.295 e. The van der Waals surface area contributed by atoms with Crippen LogP contribution in [0.4, 0.5) is 0 Å². The topological polar surface area (TPSA) is 17.1 Å². The largest absolute Gasteiger partial charge is 0.295 e. The summed E-state index contributed by atoms with van der Waals surface area (Å²) in [5, 5.41) is 0. The summed E-state index contributed by atoms with van der Waals surface area (Å²) in [6, 6.07) is 0. The van der Waals surface area contributed by atoms with E-state index in [0.717, 1.165) is 17.9 Å². The van der Waals surface area contributed by atoms with E-state index in [1.54, 1.807) is 0 Å². The van der Waals surface area contributed by atoms with Crippen LogP contribution >= 0.6 is 0 Å². The smallest absolute Gasteiger partial charge is 0.158 e. The molecule has 0 aromatic carbocycles. The summed E-state index contributed by atoms with van der Waals surface area (Å²) in [5.41, 5.74) is 2.34. The number of Topliss-reactive ketones (excluding diaryl/α,β-unsaturated/α-hetero) is 1. The first-order valence-corrected chi connectivity index (χ1v) is 6.59. The second-order valence-electron chi connectivity index (χ2n) is 6.08. The summed E-state index contributed by atoms with van der Waals surface area (Å²) in [5.74, 6) is 1.15. The molecule has 0 amide bonds. The average molecular weight is 236 g/mol. The molecule has 0 radical (unpaired) electrons. The van der Waals surface area contributed by atoms with Gasteiger partial charge in [0.1, 0.15) is 0 Å². The highest BCUT2D eigenvalue weighted by Gasteiger charge is 2.30. The van der Waals surface area contributed by atoms with Gasteiger partial charge in [-0.1, -0.05) is 46.8 Å². The van der Waals surface area contributed by atoms with Gasteiger partial charge in [-0.3, -0.25) is 4.79 Å². The summed E-state index contributed by atoms with van der Waals surface area (Å²) in [6.07, 6.45) is 5.77. The molecular formula is C16H28O. The molecule has 1 heteroatoms. The standard InChI is InChI=1S/C12H18O.C4H10/c1-5-6-10-9(2)11(13)7-8-12(10,3)4;1-4(2)3/h5-6H,7-8H2,1-4H3;4H,1-3H3/b6-5+;. The summed E-state index contributed by atoms with van der Waals surface area (Å²) < 4.78 is 0. The minimum absolute atomic E-state index is 0.171. The van der Waals surface area contributed by atoms with E-state index in [2.05, 4.69) is 40.7 Å². The first-order chi connectivity index (χ1) is 7.72. The zero-order valence-electron chi connectivity index (χ0n) is 12.6. The molecule has 0 bridgehead atoms. The van der Waals surface area contributed by atoms with Crippen molar-refractivity contribution >= 4 is 5.78 Å². The molecule has 1 rings (SSSR count). The van der Waals surface area contributed by atoms with Crippen LogP contribution in [0.2, 0.25) is 0 Å². The molecule has 1 aliphatic carbocycles. The molecule has 1 nitrogen and oxygen atoms in total. The molecule has 0 spiro atoms. The SMILES string of the molecule is C/C=C/C1=C(C)C(=O)CCC1(C)C.CC(C)C. The van der Waals surface area contributed by atoms with Crippen molar-refractivity contribution in [3.8, 4) is 0 Å². The van der Waals surface area contributed by atoms with Crippen LogP contribution in [0.25, 0.3) is 0 Å². The van der Waals surface area contributed by atoms with Crippen LogP contribution < -0.4 is 0 Å². The van der Waals surface area contributed by atoms with Gasteiger partial charge in [0.2, 0.25) is 0 Å². The lowest BCUT2D eigenvalue weighted by Gasteiger charge is -2.31. The maximum Gasteiger partial charge on any atom is 0.158 e. The zero-order valence-corrected chi connectivity index (χ0v) is 12.6. The molecule has 0 unspecified atom stereocenters. The second kappa shape index (κ2) is 6.78. The number of hydrogen-bond acceptors (Lipinski definition) is 1. The number of carbonyl (C=O) groups is 1. The van der Waals surface area contributed by atoms with Crippen molar-refractivity contribution in [3.05, 3.63) is 23.3 Å². The Bertz CT molecular complexity index is 314. The van der Waals surface area contributed by atoms with Gasteiger partial charge in [0.05, 0.1) is 0 Å². The predicted molar refractivity (Wildman–Crippen MR) is 76.0 cm³/mol. The highest BCUT2D eigenvalue weighted by Crippen LogP contribution is 2.39. The molecule has 98 valence electrons. The molecule has 0 saturated heterocycles. The number of ketones is 1. The van der Waals surface area contributed by atoms with Gasteiger partial charge < -0.3 is 0 Å². The van der Waals surface area contributed by atoms with Crippen LogP contribution in [0.1, 0.15) is 61.3 Å². The van der Waals surface area contributed by atoms with E-state index >= 15 is 0 Å². The van der Waals surface area contributed by atoms with E-state index in [-0.39, 0.29) is 5.41 Å². The van der Waals surface area contributed by atoms with E-state index in [4.69, 9.17) is 0 Å². The van der Waals surface area contributed by atoms with E-state index in [0.29, 0.717) is 12.2 Å². The van der Waals surface area contributed by atoms with Crippen molar-refractivity contribution in [3.63, 3.8) is 0 Å². The zero-order chi connectivity index (χ0) is 13.6. The molecular weight excluding hydrogens is 208 g/mol. The summed E-state index contributed by atoms with van der Waals surface area (Å²) in [7, 11) is 0. The number of carbonyl (C=O) groups excluding carboxylic acids is 1. The minimum atomic E-state index is 0.171. The Hall–Kier alpha value is -0.850. The molecule has 17 heavy (non-hydrogen) atoms. The average Bonchev–Trinajstić information content (AvgIpc) is 2.18. The third kappa shape index (κ3) is 5.34. The highest BCUT2D eigenvalue weighted by atomic mass is 16.1. The van der Waals surface area contributed by atoms with Crippen LogP contribution in [0.5, 0.6) is 0 Å². The Kier molecular flexibility index (Phi) is 6.44. The third-order valence-electron chi connectivity index (χ3n) is 2.86. The van der Waals surface area contributed by atoms with Crippen molar-refractivity contribution in [2.45, 2.75) is 61.3 Å². The molecule has 0 aliphatic heterocycles. The van der Waals surface area contributed by atoms with Crippen LogP contribution in [0.15, 0.2) is 23.3 Å². The van der Waals surface area contributed by atoms with Crippen LogP contribution in [-0.2, 0) is 4.79 Å². The lowest BCUT2D eigenvalue weighted by Crippen LogP contribution is -2.24. The van der Waals surface area contributed by atoms with Crippen LogP contribution in [0, 0.1) is 11.3 Å². The first-order valence-electron chi connectivity index (χ1n) is 6.59. The summed E-state index contributed by atoms with van der Waals surface area (Å²) in [6.45, 7) is 14.9. The molecule has 0 saturated carbocycles. The second-order valence-corrected chi connectivity index (χ2v) is 6.08. The number of rotatable bonds is 1. The van der Waals surface area contributed by atoms with Gasteiger partial charge in [0.25, 0.3) is 0 Å². The Balaban J connectivity index is 0.000000557. The van der Waals surface area contributed by atoms with Gasteiger partial charge in [-0.15, -0.1) is 0 Å². The molecule has 0 aromatic heterocycles. The maximum absolute atomic E-state index is 11.5. The van der Waals surface area contributed by atoms with Gasteiger partial charge >= 0.3 is 0 Å². The molecule has 0 N–H and O–H groups in total. The predicted octanol–water partition coefficient (Wildman–Crippen LogP) is 4.93. The quantitative estimate of drug-likeness (QED) is 0.631. The molecule has 1 aliphatic rings. The maximum atomic E-state index is 11.5. The van der Waals surface area contributed by atoms with Gasteiger partial charge in [0.15, 0.2) is 5.78 Å². The van der Waals surface area contributed by atoms with Crippen molar-refractivity contribution in [1.29, 1.82) is 0 Å². The van der Waals surface area contributed by atoms with Crippen molar-refractivity contribution in [2.24, 2.45) is 11.3 Å². The van der Waals surface area contributed by atoms with Crippen molar-refractivity contribution < 1.29 is 4.79 Å². The van der Waals surface area contributed by atoms with Crippen molar-refractivity contribution in [2.75, 3.05) is 0 Å². The monoisotopic (exact) mass is 236 g/mol. The fraction of sp³-hybridized carbons (Fsp3) is 0.688. The fourth-order valence-corrected chi connectivity index (χ4v) is 1.92.